The number of hydrogen-bond acceptors (Lipinski definition) is 3. The number of ether oxygens (including phenoxy) is 1. The maximum Gasteiger partial charge on any atom is 0.0351 e. The standard InChI is InChI=1S/C8H18.C5H12.C3H9N.C2H6O.C2H6S.3CH4/c1-7(2,3)8(4,5)6;1-5(2,3)4;1-4(2)3;2*1-3-2;;;/h1-6H3;1-4H3;1-3H3;2*1-2H3;3*1H4. The van der Waals surface area contributed by atoms with Crippen LogP contribution in [0.5, 0.6) is 0 Å². The fraction of sp³-hybridized carbons (Fsp3) is 1.00. The summed E-state index contributed by atoms with van der Waals surface area (Å²) in [5, 5.41) is 0. The maximum absolute atomic E-state index is 4.25. The molecule has 0 atom stereocenters. The Hall–Kier alpha value is 0.270. The molecule has 0 rings (SSSR count). The molecule has 0 bridgehead atoms. The van der Waals surface area contributed by atoms with E-state index in [1.165, 1.54) is 0 Å². The molecule has 0 aromatic rings. The molecule has 0 saturated carbocycles. The van der Waals surface area contributed by atoms with Crippen LogP contribution in [0.3, 0.4) is 0 Å². The lowest BCUT2D eigenvalue weighted by molar-refractivity contribution is 0.157. The Kier molecular flexibility index (Phi) is 53.1. The normalized spacial score (nSPS) is 9.46. The molecule has 26 heavy (non-hydrogen) atoms. The van der Waals surface area contributed by atoms with E-state index in [1.807, 2.05) is 38.6 Å². The lowest BCUT2D eigenvalue weighted by atomic mass is 9.71. The quantitative estimate of drug-likeness (QED) is 0.404. The lowest BCUT2D eigenvalue weighted by Gasteiger charge is -2.34. The van der Waals surface area contributed by atoms with E-state index in [2.05, 4.69) is 74.0 Å². The van der Waals surface area contributed by atoms with Gasteiger partial charge in [-0.2, -0.15) is 11.8 Å². The minimum atomic E-state index is 0. The maximum atomic E-state index is 4.25. The molecule has 0 unspecified atom stereocenters. The zero-order valence-electron chi connectivity index (χ0n) is 19.8. The van der Waals surface area contributed by atoms with E-state index < -0.39 is 0 Å². The lowest BCUT2D eigenvalue weighted by Crippen LogP contribution is -2.25. The average molecular weight is 402 g/mol. The van der Waals surface area contributed by atoms with Crippen molar-refractivity contribution < 1.29 is 4.74 Å². The average Bonchev–Trinajstić information content (AvgIpc) is 2.11. The third-order valence-corrected chi connectivity index (χ3v) is 2.25. The highest BCUT2D eigenvalue weighted by molar-refractivity contribution is 7.97. The molecular formula is C23H63NOS. The smallest absolute Gasteiger partial charge is 0.0351 e. The Morgan fingerprint density at radius 1 is 0.577 bits per heavy atom. The van der Waals surface area contributed by atoms with Crippen LogP contribution in [-0.2, 0) is 4.74 Å². The topological polar surface area (TPSA) is 12.5 Å². The summed E-state index contributed by atoms with van der Waals surface area (Å²) in [6.07, 6.45) is 4.08. The summed E-state index contributed by atoms with van der Waals surface area (Å²) in [6.45, 7) is 22.4. The van der Waals surface area contributed by atoms with Crippen LogP contribution in [0.15, 0.2) is 0 Å². The fourth-order valence-corrected chi connectivity index (χ4v) is 0. The first-order valence-corrected chi connectivity index (χ1v) is 9.86. The number of methoxy groups -OCH3 is 1. The van der Waals surface area contributed by atoms with E-state index in [0.717, 1.165) is 0 Å². The number of nitrogens with zero attached hydrogens (tertiary/aromatic N) is 1. The van der Waals surface area contributed by atoms with Gasteiger partial charge in [-0.1, -0.05) is 91.5 Å². The van der Waals surface area contributed by atoms with Crippen LogP contribution >= 0.6 is 11.8 Å². The van der Waals surface area contributed by atoms with Crippen LogP contribution in [0, 0.1) is 16.2 Å². The van der Waals surface area contributed by atoms with Gasteiger partial charge in [-0.15, -0.1) is 0 Å². The Bertz CT molecular complexity index is 173. The molecule has 0 fully saturated rings. The van der Waals surface area contributed by atoms with Crippen molar-refractivity contribution in [1.82, 2.24) is 4.90 Å². The zero-order valence-corrected chi connectivity index (χ0v) is 20.6. The first-order chi connectivity index (χ1) is 9.81. The Balaban J connectivity index is -0.0000000267. The second-order valence-corrected chi connectivity index (χ2v) is 10.5. The largest absolute Gasteiger partial charge is 0.388 e. The molecule has 0 aromatic heterocycles. The Labute approximate surface area is 177 Å². The molecule has 2 nitrogen and oxygen atoms in total. The monoisotopic (exact) mass is 401 g/mol. The summed E-state index contributed by atoms with van der Waals surface area (Å²) >= 11 is 1.75. The Morgan fingerprint density at radius 3 is 0.615 bits per heavy atom. The van der Waals surface area contributed by atoms with Gasteiger partial charge >= 0.3 is 0 Å². The van der Waals surface area contributed by atoms with Crippen molar-refractivity contribution in [2.45, 2.75) is 91.5 Å². The molecule has 0 aliphatic carbocycles. The van der Waals surface area contributed by atoms with Crippen LogP contribution in [0.1, 0.15) is 91.5 Å². The van der Waals surface area contributed by atoms with Crippen LogP contribution in [-0.4, -0.2) is 52.8 Å². The van der Waals surface area contributed by atoms with Crippen molar-refractivity contribution in [2.75, 3.05) is 47.9 Å². The predicted molar refractivity (Wildman–Crippen MR) is 136 cm³/mol. The van der Waals surface area contributed by atoms with Crippen LogP contribution in [0.2, 0.25) is 0 Å². The molecule has 172 valence electrons. The van der Waals surface area contributed by atoms with Gasteiger partial charge in [0.15, 0.2) is 0 Å². The molecule has 0 aliphatic heterocycles. The molecule has 0 radical (unpaired) electrons. The van der Waals surface area contributed by atoms with E-state index in [0.29, 0.717) is 16.2 Å². The van der Waals surface area contributed by atoms with Crippen molar-refractivity contribution >= 4 is 11.8 Å². The van der Waals surface area contributed by atoms with E-state index in [9.17, 15) is 0 Å². The first kappa shape index (κ1) is 50.3. The molecule has 0 N–H and O–H groups in total. The molecule has 0 spiro atoms. The molecule has 0 amide bonds. The molecule has 0 aliphatic rings. The number of hydrogen-bond donors (Lipinski definition) is 0. The van der Waals surface area contributed by atoms with Gasteiger partial charge in [0, 0.05) is 14.2 Å². The SMILES string of the molecule is C.C.C.CC(C)(C)C.CC(C)(C)C(C)(C)C.CN(C)C.COC.CSC. The number of rotatable bonds is 0. The van der Waals surface area contributed by atoms with Gasteiger partial charge in [-0.25, -0.2) is 0 Å². The van der Waals surface area contributed by atoms with Crippen molar-refractivity contribution in [3.8, 4) is 0 Å². The summed E-state index contributed by atoms with van der Waals surface area (Å²) in [4.78, 5) is 2.00. The van der Waals surface area contributed by atoms with Crippen molar-refractivity contribution in [1.29, 1.82) is 0 Å². The van der Waals surface area contributed by atoms with Gasteiger partial charge in [0.2, 0.25) is 0 Å². The van der Waals surface area contributed by atoms with Crippen molar-refractivity contribution in [3.63, 3.8) is 0 Å². The van der Waals surface area contributed by atoms with Crippen molar-refractivity contribution in [2.24, 2.45) is 16.2 Å². The Morgan fingerprint density at radius 2 is 0.615 bits per heavy atom. The van der Waals surface area contributed by atoms with Crippen LogP contribution in [0.25, 0.3) is 0 Å². The second kappa shape index (κ2) is 27.5. The summed E-state index contributed by atoms with van der Waals surface area (Å²) in [6, 6.07) is 0. The fourth-order valence-electron chi connectivity index (χ4n) is 0. The van der Waals surface area contributed by atoms with Gasteiger partial charge in [0.05, 0.1) is 0 Å². The second-order valence-electron chi connectivity index (χ2n) is 9.66. The predicted octanol–water partition coefficient (Wildman–Crippen LogP) is 8.46. The summed E-state index contributed by atoms with van der Waals surface area (Å²) in [5.41, 5.74) is 1.38. The highest BCUT2D eigenvalue weighted by Gasteiger charge is 2.26. The van der Waals surface area contributed by atoms with E-state index >= 15 is 0 Å². The molecule has 0 heterocycles. The van der Waals surface area contributed by atoms with E-state index in [1.54, 1.807) is 26.0 Å². The third kappa shape index (κ3) is 153. The summed E-state index contributed by atoms with van der Waals surface area (Å²) in [7, 11) is 9.25. The van der Waals surface area contributed by atoms with Gasteiger partial charge in [-0.3, -0.25) is 0 Å². The molecule has 0 aromatic carbocycles. The molecule has 3 heteroatoms. The van der Waals surface area contributed by atoms with Crippen LogP contribution in [0.4, 0.5) is 0 Å². The minimum Gasteiger partial charge on any atom is -0.388 e. The van der Waals surface area contributed by atoms with Gasteiger partial charge in [-0.05, 0) is 49.9 Å². The van der Waals surface area contributed by atoms with Gasteiger partial charge in [0.1, 0.15) is 0 Å². The zero-order chi connectivity index (χ0) is 20.5. The van der Waals surface area contributed by atoms with Gasteiger partial charge < -0.3 is 9.64 Å². The molecule has 0 saturated heterocycles. The third-order valence-electron chi connectivity index (χ3n) is 2.25. The summed E-state index contributed by atoms with van der Waals surface area (Å²) in [5.74, 6) is 0. The van der Waals surface area contributed by atoms with Crippen molar-refractivity contribution in [3.05, 3.63) is 0 Å². The summed E-state index contributed by atoms with van der Waals surface area (Å²) < 4.78 is 4.25. The van der Waals surface area contributed by atoms with Gasteiger partial charge in [0.25, 0.3) is 0 Å². The molecular weight excluding hydrogens is 338 g/mol. The van der Waals surface area contributed by atoms with E-state index in [-0.39, 0.29) is 22.3 Å². The first-order valence-electron chi connectivity index (χ1n) is 8.22. The highest BCUT2D eigenvalue weighted by atomic mass is 32.2. The number of thioether (sulfide) groups is 1. The van der Waals surface area contributed by atoms with E-state index in [4.69, 9.17) is 0 Å². The highest BCUT2D eigenvalue weighted by Crippen LogP contribution is 2.36. The van der Waals surface area contributed by atoms with Crippen LogP contribution < -0.4 is 0 Å². The minimum absolute atomic E-state index is 0.